The maximum Gasteiger partial charge on any atom is 0.319 e. The minimum Gasteiger partial charge on any atom is -0.326 e. The van der Waals surface area contributed by atoms with Gasteiger partial charge in [0.2, 0.25) is 5.91 Å². The predicted molar refractivity (Wildman–Crippen MR) is 72.7 cm³/mol. The van der Waals surface area contributed by atoms with Crippen LogP contribution >= 0.6 is 0 Å². The van der Waals surface area contributed by atoms with Crippen molar-refractivity contribution in [2.75, 3.05) is 12.4 Å². The molecular weight excluding hydrogens is 260 g/mol. The van der Waals surface area contributed by atoms with Crippen molar-refractivity contribution in [2.45, 2.75) is 19.0 Å². The van der Waals surface area contributed by atoms with Crippen LogP contribution in [-0.4, -0.2) is 35.8 Å². The number of hydrogen-bond donors (Lipinski definition) is 3. The van der Waals surface area contributed by atoms with E-state index in [0.717, 1.165) is 10.5 Å². The fourth-order valence-corrected chi connectivity index (χ4v) is 1.97. The molecule has 7 nitrogen and oxygen atoms in total. The fourth-order valence-electron chi connectivity index (χ4n) is 1.97. The van der Waals surface area contributed by atoms with Crippen molar-refractivity contribution >= 4 is 23.5 Å². The Bertz CT molecular complexity index is 558. The number of nitrogens with one attached hydrogen (secondary N) is 2. The number of amides is 4. The Morgan fingerprint density at radius 3 is 2.80 bits per heavy atom. The number of likely N-dealkylation sites (N-methyl/N-ethyl adjacent to an activating group) is 1. The van der Waals surface area contributed by atoms with Crippen LogP contribution in [0.3, 0.4) is 0 Å². The van der Waals surface area contributed by atoms with Gasteiger partial charge in [0.25, 0.3) is 5.91 Å². The Kier molecular flexibility index (Phi) is 3.99. The van der Waals surface area contributed by atoms with E-state index in [1.54, 1.807) is 18.2 Å². The Labute approximate surface area is 116 Å². The first-order valence-corrected chi connectivity index (χ1v) is 6.18. The van der Waals surface area contributed by atoms with Crippen molar-refractivity contribution in [3.8, 4) is 0 Å². The second kappa shape index (κ2) is 5.70. The molecule has 1 aliphatic rings. The summed E-state index contributed by atoms with van der Waals surface area (Å²) >= 11 is 0. The maximum absolute atomic E-state index is 11.8. The second-order valence-corrected chi connectivity index (χ2v) is 4.55. The van der Waals surface area contributed by atoms with Crippen LogP contribution in [-0.2, 0) is 16.1 Å². The number of nitrogens with two attached hydrogens (primary N) is 1. The van der Waals surface area contributed by atoms with E-state index >= 15 is 0 Å². The molecule has 106 valence electrons. The second-order valence-electron chi connectivity index (χ2n) is 4.55. The minimum atomic E-state index is -0.801. The molecule has 4 N–H and O–H groups in total. The summed E-state index contributed by atoms with van der Waals surface area (Å²) in [5, 5.41) is 5.09. The number of nitrogens with zero attached hydrogens (tertiary/aromatic N) is 1. The molecule has 1 fully saturated rings. The Hall–Kier alpha value is -2.41. The van der Waals surface area contributed by atoms with Gasteiger partial charge in [-0.3, -0.25) is 14.5 Å². The highest BCUT2D eigenvalue weighted by Crippen LogP contribution is 2.12. The molecule has 1 saturated heterocycles. The molecule has 1 atom stereocenters. The normalized spacial score (nSPS) is 18.3. The number of imide groups is 1. The number of carbonyl (C=O) groups is 3. The Morgan fingerprint density at radius 1 is 1.45 bits per heavy atom. The molecule has 1 heterocycles. The number of rotatable bonds is 3. The van der Waals surface area contributed by atoms with Gasteiger partial charge in [-0.15, -0.1) is 0 Å². The van der Waals surface area contributed by atoms with E-state index in [0.29, 0.717) is 12.2 Å². The van der Waals surface area contributed by atoms with Crippen LogP contribution in [0, 0.1) is 0 Å². The summed E-state index contributed by atoms with van der Waals surface area (Å²) < 4.78 is 0. The van der Waals surface area contributed by atoms with Crippen LogP contribution < -0.4 is 16.4 Å². The number of anilines is 1. The molecule has 0 spiro atoms. The molecule has 20 heavy (non-hydrogen) atoms. The Morgan fingerprint density at radius 2 is 2.20 bits per heavy atom. The number of urea groups is 1. The summed E-state index contributed by atoms with van der Waals surface area (Å²) in [4.78, 5) is 35.8. The highest BCUT2D eigenvalue weighted by atomic mass is 16.2. The van der Waals surface area contributed by atoms with Crippen molar-refractivity contribution in [1.29, 1.82) is 0 Å². The van der Waals surface area contributed by atoms with E-state index < -0.39 is 18.0 Å². The summed E-state index contributed by atoms with van der Waals surface area (Å²) in [6, 6.07) is 5.75. The lowest BCUT2D eigenvalue weighted by atomic mass is 10.2. The van der Waals surface area contributed by atoms with Gasteiger partial charge in [0.1, 0.15) is 6.04 Å². The Balaban J connectivity index is 1.96. The van der Waals surface area contributed by atoms with Gasteiger partial charge in [-0.1, -0.05) is 12.1 Å². The van der Waals surface area contributed by atoms with E-state index in [-0.39, 0.29) is 12.3 Å². The largest absolute Gasteiger partial charge is 0.326 e. The summed E-state index contributed by atoms with van der Waals surface area (Å²) in [7, 11) is 1.40. The molecule has 0 bridgehead atoms. The van der Waals surface area contributed by atoms with Crippen LogP contribution in [0.15, 0.2) is 24.3 Å². The van der Waals surface area contributed by atoms with Crippen LogP contribution in [0.1, 0.15) is 12.0 Å². The van der Waals surface area contributed by atoms with Gasteiger partial charge in [0.15, 0.2) is 0 Å². The van der Waals surface area contributed by atoms with Crippen LogP contribution in [0.25, 0.3) is 0 Å². The van der Waals surface area contributed by atoms with Gasteiger partial charge < -0.3 is 16.4 Å². The van der Waals surface area contributed by atoms with Gasteiger partial charge in [-0.2, -0.15) is 0 Å². The van der Waals surface area contributed by atoms with Gasteiger partial charge >= 0.3 is 6.03 Å². The lowest BCUT2D eigenvalue weighted by Crippen LogP contribution is -2.42. The average Bonchev–Trinajstić information content (AvgIpc) is 2.66. The standard InChI is InChI=1S/C13H16N4O3/c1-17-11(18)6-10(12(17)19)16-13(20)15-9-4-2-3-8(5-9)7-14/h2-5,10H,6-7,14H2,1H3,(H2,15,16,20). The summed E-state index contributed by atoms with van der Waals surface area (Å²) in [5.74, 6) is -0.703. The highest BCUT2D eigenvalue weighted by molar-refractivity contribution is 6.07. The lowest BCUT2D eigenvalue weighted by Gasteiger charge is -2.12. The molecule has 0 saturated carbocycles. The quantitative estimate of drug-likeness (QED) is 0.677. The topological polar surface area (TPSA) is 105 Å². The molecule has 1 aliphatic heterocycles. The third-order valence-corrected chi connectivity index (χ3v) is 3.11. The van der Waals surface area contributed by atoms with E-state index in [1.165, 1.54) is 7.05 Å². The number of hydrogen-bond acceptors (Lipinski definition) is 4. The number of benzene rings is 1. The van der Waals surface area contributed by atoms with Gasteiger partial charge in [0.05, 0.1) is 6.42 Å². The van der Waals surface area contributed by atoms with Crippen molar-refractivity contribution in [2.24, 2.45) is 5.73 Å². The van der Waals surface area contributed by atoms with Crippen molar-refractivity contribution in [3.63, 3.8) is 0 Å². The third kappa shape index (κ3) is 2.94. The summed E-state index contributed by atoms with van der Waals surface area (Å²) in [5.41, 5.74) is 6.98. The minimum absolute atomic E-state index is 0.00834. The first-order chi connectivity index (χ1) is 9.51. The molecule has 1 aromatic carbocycles. The van der Waals surface area contributed by atoms with Crippen LogP contribution in [0.5, 0.6) is 0 Å². The predicted octanol–water partition coefficient (Wildman–Crippen LogP) is 0.0241. The molecule has 0 radical (unpaired) electrons. The highest BCUT2D eigenvalue weighted by Gasteiger charge is 2.36. The van der Waals surface area contributed by atoms with E-state index in [2.05, 4.69) is 10.6 Å². The average molecular weight is 276 g/mol. The first-order valence-electron chi connectivity index (χ1n) is 6.18. The summed E-state index contributed by atoms with van der Waals surface area (Å²) in [6.07, 6.45) is -0.00834. The van der Waals surface area contributed by atoms with Crippen LogP contribution in [0.4, 0.5) is 10.5 Å². The first kappa shape index (κ1) is 14.0. The molecular formula is C13H16N4O3. The summed E-state index contributed by atoms with van der Waals surface area (Å²) in [6.45, 7) is 0.373. The SMILES string of the molecule is CN1C(=O)CC(NC(=O)Nc2cccc(CN)c2)C1=O. The van der Waals surface area contributed by atoms with Gasteiger partial charge in [-0.05, 0) is 17.7 Å². The molecule has 0 aromatic heterocycles. The molecule has 1 aromatic rings. The molecule has 2 rings (SSSR count). The van der Waals surface area contributed by atoms with E-state index in [4.69, 9.17) is 5.73 Å². The lowest BCUT2D eigenvalue weighted by molar-refractivity contribution is -0.137. The maximum atomic E-state index is 11.8. The van der Waals surface area contributed by atoms with Crippen LogP contribution in [0.2, 0.25) is 0 Å². The monoisotopic (exact) mass is 276 g/mol. The van der Waals surface area contributed by atoms with E-state index in [1.807, 2.05) is 6.07 Å². The molecule has 7 heteroatoms. The number of carbonyl (C=O) groups excluding carboxylic acids is 3. The van der Waals surface area contributed by atoms with Gasteiger partial charge in [0, 0.05) is 19.3 Å². The molecule has 4 amide bonds. The number of likely N-dealkylation sites (tertiary alicyclic amines) is 1. The zero-order chi connectivity index (χ0) is 14.7. The fraction of sp³-hybridized carbons (Fsp3) is 0.308. The van der Waals surface area contributed by atoms with Gasteiger partial charge in [-0.25, -0.2) is 4.79 Å². The third-order valence-electron chi connectivity index (χ3n) is 3.11. The van der Waals surface area contributed by atoms with E-state index in [9.17, 15) is 14.4 Å². The smallest absolute Gasteiger partial charge is 0.319 e. The zero-order valence-corrected chi connectivity index (χ0v) is 11.1. The molecule has 0 aliphatic carbocycles. The van der Waals surface area contributed by atoms with Crippen molar-refractivity contribution in [3.05, 3.63) is 29.8 Å². The van der Waals surface area contributed by atoms with Crippen molar-refractivity contribution < 1.29 is 14.4 Å². The zero-order valence-electron chi connectivity index (χ0n) is 11.1. The van der Waals surface area contributed by atoms with Crippen molar-refractivity contribution in [1.82, 2.24) is 10.2 Å². The molecule has 1 unspecified atom stereocenters.